The maximum Gasteiger partial charge on any atom is 0.228 e. The lowest BCUT2D eigenvalue weighted by molar-refractivity contribution is -0.121. The second-order valence-corrected chi connectivity index (χ2v) is 7.96. The number of imidazole rings is 1. The van der Waals surface area contributed by atoms with Crippen LogP contribution in [-0.4, -0.2) is 33.4 Å². The zero-order valence-electron chi connectivity index (χ0n) is 16.9. The van der Waals surface area contributed by atoms with E-state index in [1.807, 2.05) is 31.2 Å². The van der Waals surface area contributed by atoms with Crippen LogP contribution in [0, 0.1) is 19.8 Å². The van der Waals surface area contributed by atoms with Crippen LogP contribution in [0.4, 0.5) is 5.69 Å². The zero-order valence-corrected chi connectivity index (χ0v) is 16.9. The lowest BCUT2D eigenvalue weighted by Gasteiger charge is -2.31. The highest BCUT2D eigenvalue weighted by Crippen LogP contribution is 2.23. The second-order valence-electron chi connectivity index (χ2n) is 7.96. The van der Waals surface area contributed by atoms with Crippen LogP contribution in [0.1, 0.15) is 29.8 Å². The van der Waals surface area contributed by atoms with Crippen molar-refractivity contribution >= 4 is 22.6 Å². The Morgan fingerprint density at radius 1 is 1.21 bits per heavy atom. The Morgan fingerprint density at radius 2 is 2.04 bits per heavy atom. The van der Waals surface area contributed by atoms with Crippen LogP contribution in [0.2, 0.25) is 0 Å². The van der Waals surface area contributed by atoms with Crippen molar-refractivity contribution in [1.29, 1.82) is 0 Å². The number of hydrogen-bond acceptors (Lipinski definition) is 3. The van der Waals surface area contributed by atoms with Crippen LogP contribution < -0.4 is 5.32 Å². The van der Waals surface area contributed by atoms with E-state index in [0.29, 0.717) is 0 Å². The summed E-state index contributed by atoms with van der Waals surface area (Å²) in [5.41, 5.74) is 5.42. The van der Waals surface area contributed by atoms with E-state index in [1.54, 1.807) is 0 Å². The molecule has 0 saturated carbocycles. The van der Waals surface area contributed by atoms with Gasteiger partial charge in [-0.2, -0.15) is 0 Å². The third-order valence-corrected chi connectivity index (χ3v) is 5.76. The first-order valence-electron chi connectivity index (χ1n) is 10.0. The molecule has 1 amide bonds. The summed E-state index contributed by atoms with van der Waals surface area (Å²) in [6.07, 6.45) is 1.98. The Balaban J connectivity index is 1.43. The molecule has 2 aromatic carbocycles. The molecule has 0 spiro atoms. The van der Waals surface area contributed by atoms with E-state index in [4.69, 9.17) is 4.98 Å². The van der Waals surface area contributed by atoms with Gasteiger partial charge in [0.05, 0.1) is 23.5 Å². The zero-order chi connectivity index (χ0) is 19.7. The largest absolute Gasteiger partial charge is 0.330 e. The van der Waals surface area contributed by atoms with E-state index in [-0.39, 0.29) is 11.8 Å². The molecule has 1 saturated heterocycles. The average molecular weight is 377 g/mol. The van der Waals surface area contributed by atoms with Crippen LogP contribution in [0.3, 0.4) is 0 Å². The van der Waals surface area contributed by atoms with Crippen molar-refractivity contribution in [2.24, 2.45) is 13.0 Å². The number of rotatable bonds is 4. The Bertz CT molecular complexity index is 1010. The fourth-order valence-corrected chi connectivity index (χ4v) is 4.14. The first kappa shape index (κ1) is 18.7. The lowest BCUT2D eigenvalue weighted by Crippen LogP contribution is -2.40. The van der Waals surface area contributed by atoms with Crippen LogP contribution in [-0.2, 0) is 18.4 Å². The molecule has 5 nitrogen and oxygen atoms in total. The molecule has 1 atom stereocenters. The van der Waals surface area contributed by atoms with E-state index in [1.165, 1.54) is 5.56 Å². The number of aromatic nitrogens is 2. The van der Waals surface area contributed by atoms with Gasteiger partial charge in [0, 0.05) is 19.3 Å². The predicted molar refractivity (Wildman–Crippen MR) is 113 cm³/mol. The van der Waals surface area contributed by atoms with Gasteiger partial charge < -0.3 is 9.88 Å². The van der Waals surface area contributed by atoms with E-state index in [9.17, 15) is 4.79 Å². The van der Waals surface area contributed by atoms with E-state index >= 15 is 0 Å². The van der Waals surface area contributed by atoms with Crippen molar-refractivity contribution in [1.82, 2.24) is 14.5 Å². The minimum atomic E-state index is 0.0177. The maximum atomic E-state index is 12.9. The molecule has 28 heavy (non-hydrogen) atoms. The maximum absolute atomic E-state index is 12.9. The molecule has 4 rings (SSSR count). The molecule has 1 aliphatic heterocycles. The highest BCUT2D eigenvalue weighted by Gasteiger charge is 2.27. The van der Waals surface area contributed by atoms with Crippen molar-refractivity contribution in [3.05, 3.63) is 59.4 Å². The molecule has 146 valence electrons. The number of piperidine rings is 1. The number of nitrogens with one attached hydrogen (secondary N) is 1. The molecule has 1 aromatic heterocycles. The number of amides is 1. The number of benzene rings is 2. The lowest BCUT2D eigenvalue weighted by atomic mass is 9.96. The van der Waals surface area contributed by atoms with Crippen molar-refractivity contribution in [2.45, 2.75) is 33.2 Å². The van der Waals surface area contributed by atoms with Crippen LogP contribution in [0.25, 0.3) is 11.0 Å². The smallest absolute Gasteiger partial charge is 0.228 e. The number of carbonyl (C=O) groups is 1. The first-order valence-corrected chi connectivity index (χ1v) is 10.0. The molecule has 1 fully saturated rings. The Kier molecular flexibility index (Phi) is 5.18. The Morgan fingerprint density at radius 3 is 2.82 bits per heavy atom. The summed E-state index contributed by atoms with van der Waals surface area (Å²) in [6, 6.07) is 14.4. The number of para-hydroxylation sites is 2. The van der Waals surface area contributed by atoms with Crippen molar-refractivity contribution in [2.75, 3.05) is 18.4 Å². The summed E-state index contributed by atoms with van der Waals surface area (Å²) in [5.74, 6) is 1.20. The highest BCUT2D eigenvalue weighted by molar-refractivity contribution is 5.93. The van der Waals surface area contributed by atoms with Gasteiger partial charge in [0.1, 0.15) is 5.82 Å². The van der Waals surface area contributed by atoms with Gasteiger partial charge in [-0.15, -0.1) is 0 Å². The molecule has 0 radical (unpaired) electrons. The number of nitrogens with zero attached hydrogens (tertiary/aromatic N) is 3. The van der Waals surface area contributed by atoms with Gasteiger partial charge in [0.25, 0.3) is 0 Å². The number of fused-ring (bicyclic) bond motifs is 1. The first-order chi connectivity index (χ1) is 13.5. The monoisotopic (exact) mass is 376 g/mol. The normalized spacial score (nSPS) is 17.8. The molecular weight excluding hydrogens is 348 g/mol. The third-order valence-electron chi connectivity index (χ3n) is 5.76. The van der Waals surface area contributed by atoms with Gasteiger partial charge in [-0.05, 0) is 57.0 Å². The molecule has 3 aromatic rings. The van der Waals surface area contributed by atoms with Crippen LogP contribution in [0.15, 0.2) is 42.5 Å². The highest BCUT2D eigenvalue weighted by atomic mass is 16.1. The standard InChI is InChI=1S/C23H28N4O/c1-16-10-11-19(17(2)13-16)25-23(28)18-7-6-12-27(14-18)15-22-24-20-8-4-5-9-21(20)26(22)3/h4-5,8-11,13,18H,6-7,12,14-15H2,1-3H3,(H,25,28)/t18-/m1/s1. The second kappa shape index (κ2) is 7.76. The number of likely N-dealkylation sites (tertiary alicyclic amines) is 1. The predicted octanol–water partition coefficient (Wildman–Crippen LogP) is 4.04. The fourth-order valence-electron chi connectivity index (χ4n) is 4.14. The van der Waals surface area contributed by atoms with Crippen LogP contribution in [0.5, 0.6) is 0 Å². The van der Waals surface area contributed by atoms with Gasteiger partial charge in [-0.25, -0.2) is 4.98 Å². The van der Waals surface area contributed by atoms with Gasteiger partial charge in [0.2, 0.25) is 5.91 Å². The molecular formula is C23H28N4O. The summed E-state index contributed by atoms with van der Waals surface area (Å²) in [4.78, 5) is 20.0. The molecule has 0 aliphatic carbocycles. The third kappa shape index (κ3) is 3.80. The number of hydrogen-bond donors (Lipinski definition) is 1. The van der Waals surface area contributed by atoms with Gasteiger partial charge in [0.15, 0.2) is 0 Å². The summed E-state index contributed by atoms with van der Waals surface area (Å²) >= 11 is 0. The van der Waals surface area contributed by atoms with Gasteiger partial charge in [-0.1, -0.05) is 29.8 Å². The molecule has 5 heteroatoms. The molecule has 2 heterocycles. The fraction of sp³-hybridized carbons (Fsp3) is 0.391. The summed E-state index contributed by atoms with van der Waals surface area (Å²) in [6.45, 7) is 6.68. The van der Waals surface area contributed by atoms with Gasteiger partial charge >= 0.3 is 0 Å². The minimum Gasteiger partial charge on any atom is -0.330 e. The summed E-state index contributed by atoms with van der Waals surface area (Å²) in [7, 11) is 2.07. The molecule has 1 N–H and O–H groups in total. The Hall–Kier alpha value is -2.66. The summed E-state index contributed by atoms with van der Waals surface area (Å²) in [5, 5.41) is 3.14. The summed E-state index contributed by atoms with van der Waals surface area (Å²) < 4.78 is 2.16. The SMILES string of the molecule is Cc1ccc(NC(=O)[C@@H]2CCCN(Cc3nc4ccccc4n3C)C2)c(C)c1. The molecule has 0 bridgehead atoms. The number of carbonyl (C=O) groups excluding carboxylic acids is 1. The van der Waals surface area contributed by atoms with Crippen molar-refractivity contribution < 1.29 is 4.79 Å². The van der Waals surface area contributed by atoms with Crippen molar-refractivity contribution in [3.8, 4) is 0 Å². The van der Waals surface area contributed by atoms with Crippen molar-refractivity contribution in [3.63, 3.8) is 0 Å². The van der Waals surface area contributed by atoms with E-state index in [2.05, 4.69) is 47.0 Å². The van der Waals surface area contributed by atoms with Crippen LogP contribution >= 0.6 is 0 Å². The number of anilines is 1. The molecule has 0 unspecified atom stereocenters. The Labute approximate surface area is 166 Å². The van der Waals surface area contributed by atoms with E-state index < -0.39 is 0 Å². The average Bonchev–Trinajstić information content (AvgIpc) is 3.00. The van der Waals surface area contributed by atoms with E-state index in [0.717, 1.165) is 60.6 Å². The van der Waals surface area contributed by atoms with Gasteiger partial charge in [-0.3, -0.25) is 9.69 Å². The minimum absolute atomic E-state index is 0.0177. The molecule has 1 aliphatic rings. The quantitative estimate of drug-likeness (QED) is 0.748. The topological polar surface area (TPSA) is 50.2 Å². The number of aryl methyl sites for hydroxylation is 3.